The predicted molar refractivity (Wildman–Crippen MR) is 107 cm³/mol. The molecule has 0 aliphatic heterocycles. The summed E-state index contributed by atoms with van der Waals surface area (Å²) < 4.78 is 66.8. The van der Waals surface area contributed by atoms with Crippen molar-refractivity contribution in [3.05, 3.63) is 65.7 Å². The van der Waals surface area contributed by atoms with Gasteiger partial charge in [-0.3, -0.25) is 9.59 Å². The van der Waals surface area contributed by atoms with E-state index in [1.54, 1.807) is 24.3 Å². The smallest absolute Gasteiger partial charge is 0.406 e. The lowest BCUT2D eigenvalue weighted by atomic mass is 10.2. The molecule has 0 spiro atoms. The van der Waals surface area contributed by atoms with Crippen LogP contribution in [0.4, 0.5) is 13.2 Å². The Hall–Kier alpha value is -3.59. The molecule has 2 aromatic carbocycles. The Kier molecular flexibility index (Phi) is 8.20. The molecule has 0 aromatic heterocycles. The number of benzene rings is 2. The minimum absolute atomic E-state index is 0.0563. The molecule has 0 bridgehead atoms. The first-order valence-corrected chi connectivity index (χ1v) is 10.8. The molecular weight excluding hydrogens is 451 g/mol. The zero-order valence-corrected chi connectivity index (χ0v) is 17.2. The van der Waals surface area contributed by atoms with E-state index in [0.29, 0.717) is 0 Å². The topological polar surface area (TPSA) is 125 Å². The fraction of sp³-hybridized carbons (Fsp3) is 0.250. The van der Waals surface area contributed by atoms with Crippen LogP contribution in [0.1, 0.15) is 15.9 Å². The Labute approximate surface area is 181 Å². The highest BCUT2D eigenvalue weighted by Gasteiger charge is 2.34. The molecule has 0 radical (unpaired) electrons. The lowest BCUT2D eigenvalue weighted by Gasteiger charge is -2.18. The van der Waals surface area contributed by atoms with Gasteiger partial charge in [0.2, 0.25) is 5.91 Å². The molecule has 2 amide bonds. The van der Waals surface area contributed by atoms with Crippen molar-refractivity contribution in [2.45, 2.75) is 17.4 Å². The quantitative estimate of drug-likeness (QED) is 0.541. The number of carbonyl (C=O) groups is 2. The summed E-state index contributed by atoms with van der Waals surface area (Å²) in [6.45, 7) is -1.07. The van der Waals surface area contributed by atoms with Crippen LogP contribution in [0.5, 0.6) is 5.75 Å². The zero-order valence-electron chi connectivity index (χ0n) is 16.4. The molecule has 0 heterocycles. The minimum atomic E-state index is -4.96. The molecule has 0 aliphatic carbocycles. The van der Waals surface area contributed by atoms with Crippen LogP contribution in [0.25, 0.3) is 0 Å². The van der Waals surface area contributed by atoms with Gasteiger partial charge >= 0.3 is 6.36 Å². The van der Waals surface area contributed by atoms with Gasteiger partial charge in [-0.25, -0.2) is 8.42 Å². The van der Waals surface area contributed by atoms with E-state index in [2.05, 4.69) is 15.4 Å². The van der Waals surface area contributed by atoms with Crippen LogP contribution in [0.15, 0.2) is 54.6 Å². The molecule has 0 saturated heterocycles. The van der Waals surface area contributed by atoms with Crippen LogP contribution in [-0.4, -0.2) is 44.9 Å². The number of sulfone groups is 1. The van der Waals surface area contributed by atoms with E-state index in [4.69, 9.17) is 5.26 Å². The third-order valence-electron chi connectivity index (χ3n) is 4.05. The van der Waals surface area contributed by atoms with Gasteiger partial charge in [-0.15, -0.1) is 13.2 Å². The Morgan fingerprint density at radius 3 is 2.38 bits per heavy atom. The van der Waals surface area contributed by atoms with Crippen LogP contribution in [0, 0.1) is 11.3 Å². The molecule has 2 N–H and O–H groups in total. The molecule has 12 heteroatoms. The number of halogens is 3. The number of nitrogens with one attached hydrogen (secondary N) is 2. The Morgan fingerprint density at radius 1 is 1.06 bits per heavy atom. The number of nitriles is 1. The fourth-order valence-corrected chi connectivity index (χ4v) is 4.26. The van der Waals surface area contributed by atoms with Crippen LogP contribution in [-0.2, 0) is 20.4 Å². The van der Waals surface area contributed by atoms with Crippen LogP contribution in [0.3, 0.4) is 0 Å². The van der Waals surface area contributed by atoms with Crippen molar-refractivity contribution in [1.82, 2.24) is 10.6 Å². The van der Waals surface area contributed by atoms with Crippen LogP contribution < -0.4 is 15.4 Å². The average molecular weight is 469 g/mol. The molecule has 8 nitrogen and oxygen atoms in total. The summed E-state index contributed by atoms with van der Waals surface area (Å²) in [5, 5.41) is 11.3. The Balaban J connectivity index is 2.21. The summed E-state index contributed by atoms with van der Waals surface area (Å²) in [6.07, 6.45) is -4.96. The van der Waals surface area contributed by atoms with Gasteiger partial charge in [0.15, 0.2) is 15.1 Å². The molecule has 32 heavy (non-hydrogen) atoms. The molecule has 170 valence electrons. The molecule has 1 atom stereocenters. The fourth-order valence-electron chi connectivity index (χ4n) is 2.67. The van der Waals surface area contributed by atoms with Crippen molar-refractivity contribution >= 4 is 21.7 Å². The second kappa shape index (κ2) is 10.6. The number of rotatable bonds is 9. The largest absolute Gasteiger partial charge is 0.573 e. The number of hydrogen-bond donors (Lipinski definition) is 2. The normalized spacial score (nSPS) is 12.3. The maximum Gasteiger partial charge on any atom is 0.573 e. The summed E-state index contributed by atoms with van der Waals surface area (Å²) in [4.78, 5) is 24.6. The van der Waals surface area contributed by atoms with Gasteiger partial charge in [0.05, 0.1) is 11.8 Å². The van der Waals surface area contributed by atoms with E-state index in [0.717, 1.165) is 12.1 Å². The van der Waals surface area contributed by atoms with Gasteiger partial charge in [-0.2, -0.15) is 5.26 Å². The van der Waals surface area contributed by atoms with Crippen molar-refractivity contribution in [1.29, 1.82) is 5.26 Å². The van der Waals surface area contributed by atoms with Gasteiger partial charge in [-0.1, -0.05) is 30.3 Å². The maximum atomic E-state index is 12.9. The maximum absolute atomic E-state index is 12.9. The SMILES string of the molecule is N#CCNC(=O)C(CNC(=O)c1ccccc1)S(=O)(=O)Cc1cccc(OC(F)(F)F)c1. The van der Waals surface area contributed by atoms with E-state index in [1.165, 1.54) is 24.3 Å². The van der Waals surface area contributed by atoms with Gasteiger partial charge in [-0.05, 0) is 29.8 Å². The molecule has 1 unspecified atom stereocenters. The first-order chi connectivity index (χ1) is 15.0. The number of ether oxygens (including phenoxy) is 1. The van der Waals surface area contributed by atoms with Gasteiger partial charge < -0.3 is 15.4 Å². The molecule has 0 aliphatic rings. The third kappa shape index (κ3) is 7.59. The van der Waals surface area contributed by atoms with Gasteiger partial charge in [0, 0.05) is 12.1 Å². The van der Waals surface area contributed by atoms with E-state index in [1.807, 2.05) is 0 Å². The van der Waals surface area contributed by atoms with Gasteiger partial charge in [0.1, 0.15) is 12.3 Å². The van der Waals surface area contributed by atoms with E-state index < -0.39 is 57.9 Å². The minimum Gasteiger partial charge on any atom is -0.406 e. The highest BCUT2D eigenvalue weighted by Crippen LogP contribution is 2.24. The summed E-state index contributed by atoms with van der Waals surface area (Å²) in [6, 6.07) is 13.8. The van der Waals surface area contributed by atoms with E-state index in [9.17, 15) is 31.2 Å². The standard InChI is InChI=1S/C20H18F3N3O5S/c21-20(22,23)31-16-8-4-5-14(11-16)13-32(29,30)17(19(28)25-10-9-24)12-26-18(27)15-6-2-1-3-7-15/h1-8,11,17H,10,12-13H2,(H,25,28)(H,26,27). The second-order valence-electron chi connectivity index (χ2n) is 6.44. The third-order valence-corrected chi connectivity index (χ3v) is 6.03. The summed E-state index contributed by atoms with van der Waals surface area (Å²) >= 11 is 0. The number of hydrogen-bond acceptors (Lipinski definition) is 6. The van der Waals surface area contributed by atoms with Crippen molar-refractivity contribution < 1.29 is 35.9 Å². The second-order valence-corrected chi connectivity index (χ2v) is 8.63. The number of amides is 2. The Bertz CT molecular complexity index is 1100. The number of carbonyl (C=O) groups excluding carboxylic acids is 2. The lowest BCUT2D eigenvalue weighted by Crippen LogP contribution is -2.47. The molecular formula is C20H18F3N3O5S. The van der Waals surface area contributed by atoms with Crippen molar-refractivity contribution in [2.24, 2.45) is 0 Å². The summed E-state index contributed by atoms with van der Waals surface area (Å²) in [5.41, 5.74) is 0.178. The average Bonchev–Trinajstić information content (AvgIpc) is 2.71. The number of nitrogens with zero attached hydrogens (tertiary/aromatic N) is 1. The summed E-state index contributed by atoms with van der Waals surface area (Å²) in [7, 11) is -4.32. The highest BCUT2D eigenvalue weighted by molar-refractivity contribution is 7.92. The van der Waals surface area contributed by atoms with Gasteiger partial charge in [0.25, 0.3) is 5.91 Å². The van der Waals surface area contributed by atoms with Crippen molar-refractivity contribution in [3.63, 3.8) is 0 Å². The molecule has 0 fully saturated rings. The first-order valence-electron chi connectivity index (χ1n) is 9.06. The highest BCUT2D eigenvalue weighted by atomic mass is 32.2. The van der Waals surface area contributed by atoms with Crippen molar-refractivity contribution in [3.8, 4) is 11.8 Å². The molecule has 0 saturated carbocycles. The van der Waals surface area contributed by atoms with E-state index >= 15 is 0 Å². The number of alkyl halides is 3. The van der Waals surface area contributed by atoms with Crippen LogP contribution >= 0.6 is 0 Å². The van der Waals surface area contributed by atoms with E-state index in [-0.39, 0.29) is 11.1 Å². The lowest BCUT2D eigenvalue weighted by molar-refractivity contribution is -0.274. The summed E-state index contributed by atoms with van der Waals surface area (Å²) in [5.74, 6) is -3.07. The van der Waals surface area contributed by atoms with Crippen LogP contribution in [0.2, 0.25) is 0 Å². The monoisotopic (exact) mass is 469 g/mol. The Morgan fingerprint density at radius 2 is 1.75 bits per heavy atom. The van der Waals surface area contributed by atoms with Crippen molar-refractivity contribution in [2.75, 3.05) is 13.1 Å². The molecule has 2 aromatic rings. The zero-order chi connectivity index (χ0) is 23.8. The first kappa shape index (κ1) is 24.7. The molecule has 2 rings (SSSR count). The predicted octanol–water partition coefficient (Wildman–Crippen LogP) is 1.94.